The SMILES string of the molecule is Cc1nccnc1N1CCN(C(=O)[C@@H]2C[C@@H]2c2ccc(Br)cc2)CC1. The second-order valence-corrected chi connectivity index (χ2v) is 7.69. The van der Waals surface area contributed by atoms with E-state index in [1.165, 1.54) is 5.56 Å². The number of aryl methyl sites for hydroxylation is 1. The van der Waals surface area contributed by atoms with Crippen molar-refractivity contribution in [1.29, 1.82) is 0 Å². The van der Waals surface area contributed by atoms with Gasteiger partial charge in [0.1, 0.15) is 5.82 Å². The number of piperazine rings is 1. The quantitative estimate of drug-likeness (QED) is 0.794. The van der Waals surface area contributed by atoms with Crippen LogP contribution in [-0.4, -0.2) is 47.0 Å². The van der Waals surface area contributed by atoms with Crippen molar-refractivity contribution < 1.29 is 4.79 Å². The number of carbonyl (C=O) groups excluding carboxylic acids is 1. The van der Waals surface area contributed by atoms with Gasteiger partial charge in [0.2, 0.25) is 5.91 Å². The van der Waals surface area contributed by atoms with Crippen LogP contribution in [0.2, 0.25) is 0 Å². The Morgan fingerprint density at radius 3 is 2.44 bits per heavy atom. The van der Waals surface area contributed by atoms with Crippen molar-refractivity contribution in [3.8, 4) is 0 Å². The summed E-state index contributed by atoms with van der Waals surface area (Å²) in [5.41, 5.74) is 2.22. The predicted octanol–water partition coefficient (Wildman–Crippen LogP) is 3.00. The molecular weight excluding hydrogens is 380 g/mol. The van der Waals surface area contributed by atoms with Crippen molar-refractivity contribution in [3.05, 3.63) is 52.4 Å². The van der Waals surface area contributed by atoms with Crippen LogP contribution in [0.15, 0.2) is 41.1 Å². The van der Waals surface area contributed by atoms with Crippen LogP contribution in [0, 0.1) is 12.8 Å². The van der Waals surface area contributed by atoms with Crippen LogP contribution in [0.1, 0.15) is 23.6 Å². The summed E-state index contributed by atoms with van der Waals surface area (Å²) in [4.78, 5) is 25.8. The summed E-state index contributed by atoms with van der Waals surface area (Å²) in [7, 11) is 0. The number of hydrogen-bond acceptors (Lipinski definition) is 4. The fraction of sp³-hybridized carbons (Fsp3) is 0.421. The maximum Gasteiger partial charge on any atom is 0.226 e. The van der Waals surface area contributed by atoms with E-state index in [0.717, 1.165) is 48.6 Å². The molecule has 6 heteroatoms. The van der Waals surface area contributed by atoms with Gasteiger partial charge in [0, 0.05) is 49.0 Å². The zero-order valence-electron chi connectivity index (χ0n) is 14.2. The summed E-state index contributed by atoms with van der Waals surface area (Å²) in [6.45, 7) is 5.14. The van der Waals surface area contributed by atoms with Crippen molar-refractivity contribution in [2.75, 3.05) is 31.1 Å². The Bertz CT molecular complexity index is 771. The molecule has 1 amide bonds. The lowest BCUT2D eigenvalue weighted by Gasteiger charge is -2.36. The molecule has 130 valence electrons. The van der Waals surface area contributed by atoms with Gasteiger partial charge in [-0.3, -0.25) is 9.78 Å². The molecule has 0 N–H and O–H groups in total. The van der Waals surface area contributed by atoms with Gasteiger partial charge >= 0.3 is 0 Å². The number of rotatable bonds is 3. The third-order valence-electron chi connectivity index (χ3n) is 5.15. The zero-order valence-corrected chi connectivity index (χ0v) is 15.8. The Balaban J connectivity index is 1.35. The van der Waals surface area contributed by atoms with Gasteiger partial charge in [-0.1, -0.05) is 28.1 Å². The topological polar surface area (TPSA) is 49.3 Å². The van der Waals surface area contributed by atoms with E-state index >= 15 is 0 Å². The highest BCUT2D eigenvalue weighted by Gasteiger charge is 2.46. The molecule has 1 aromatic carbocycles. The van der Waals surface area contributed by atoms with Gasteiger partial charge in [0.05, 0.1) is 5.69 Å². The number of amides is 1. The van der Waals surface area contributed by atoms with E-state index < -0.39 is 0 Å². The molecule has 1 aliphatic carbocycles. The molecule has 1 aromatic heterocycles. The van der Waals surface area contributed by atoms with Crippen LogP contribution in [0.25, 0.3) is 0 Å². The highest BCUT2D eigenvalue weighted by molar-refractivity contribution is 9.10. The number of halogens is 1. The maximum atomic E-state index is 12.8. The predicted molar refractivity (Wildman–Crippen MR) is 101 cm³/mol. The van der Waals surface area contributed by atoms with Gasteiger partial charge in [-0.25, -0.2) is 4.98 Å². The van der Waals surface area contributed by atoms with Crippen LogP contribution < -0.4 is 4.90 Å². The van der Waals surface area contributed by atoms with Crippen LogP contribution in [-0.2, 0) is 4.79 Å². The molecule has 2 fully saturated rings. The van der Waals surface area contributed by atoms with Gasteiger partial charge in [0.25, 0.3) is 0 Å². The molecule has 5 nitrogen and oxygen atoms in total. The largest absolute Gasteiger partial charge is 0.352 e. The van der Waals surface area contributed by atoms with E-state index in [0.29, 0.717) is 11.8 Å². The molecule has 25 heavy (non-hydrogen) atoms. The average Bonchev–Trinajstić information content (AvgIpc) is 3.43. The highest BCUT2D eigenvalue weighted by atomic mass is 79.9. The van der Waals surface area contributed by atoms with Gasteiger partial charge in [-0.2, -0.15) is 0 Å². The lowest BCUT2D eigenvalue weighted by molar-refractivity contribution is -0.133. The highest BCUT2D eigenvalue weighted by Crippen LogP contribution is 2.48. The molecule has 2 heterocycles. The van der Waals surface area contributed by atoms with Crippen molar-refractivity contribution in [1.82, 2.24) is 14.9 Å². The number of benzene rings is 1. The molecular formula is C19H21BrN4O. The minimum Gasteiger partial charge on any atom is -0.352 e. The fourth-order valence-corrected chi connectivity index (χ4v) is 3.89. The molecule has 0 spiro atoms. The van der Waals surface area contributed by atoms with E-state index in [1.54, 1.807) is 12.4 Å². The first-order valence-corrected chi connectivity index (χ1v) is 9.49. The molecule has 2 aromatic rings. The number of aromatic nitrogens is 2. The molecule has 0 bridgehead atoms. The lowest BCUT2D eigenvalue weighted by atomic mass is 10.1. The summed E-state index contributed by atoms with van der Waals surface area (Å²) in [6.07, 6.45) is 4.42. The molecule has 1 saturated carbocycles. The van der Waals surface area contributed by atoms with Crippen LogP contribution in [0.4, 0.5) is 5.82 Å². The Morgan fingerprint density at radius 1 is 1.08 bits per heavy atom. The minimum absolute atomic E-state index is 0.158. The molecule has 0 unspecified atom stereocenters. The van der Waals surface area contributed by atoms with E-state index in [-0.39, 0.29) is 5.92 Å². The van der Waals surface area contributed by atoms with Crippen LogP contribution >= 0.6 is 15.9 Å². The monoisotopic (exact) mass is 400 g/mol. The summed E-state index contributed by atoms with van der Waals surface area (Å²) >= 11 is 3.46. The summed E-state index contributed by atoms with van der Waals surface area (Å²) in [6, 6.07) is 8.35. The van der Waals surface area contributed by atoms with Crippen molar-refractivity contribution >= 4 is 27.7 Å². The summed E-state index contributed by atoms with van der Waals surface area (Å²) < 4.78 is 1.08. The number of nitrogens with zero attached hydrogens (tertiary/aromatic N) is 4. The fourth-order valence-electron chi connectivity index (χ4n) is 3.63. The first-order chi connectivity index (χ1) is 12.1. The Hall–Kier alpha value is -1.95. The minimum atomic E-state index is 0.158. The molecule has 1 aliphatic heterocycles. The zero-order chi connectivity index (χ0) is 17.4. The molecule has 4 rings (SSSR count). The molecule has 1 saturated heterocycles. The third-order valence-corrected chi connectivity index (χ3v) is 5.68. The van der Waals surface area contributed by atoms with Crippen molar-refractivity contribution in [2.24, 2.45) is 5.92 Å². The Kier molecular flexibility index (Phi) is 4.46. The maximum absolute atomic E-state index is 12.8. The standard InChI is InChI=1S/C19H21BrN4O/c1-13-18(22-7-6-21-13)23-8-10-24(11-9-23)19(25)17-12-16(17)14-2-4-15(20)5-3-14/h2-7,16-17H,8-12H2,1H3/t16-,17-/m1/s1. The first kappa shape index (κ1) is 16.5. The second-order valence-electron chi connectivity index (χ2n) is 6.78. The number of anilines is 1. The van der Waals surface area contributed by atoms with Crippen molar-refractivity contribution in [2.45, 2.75) is 19.3 Å². The molecule has 2 atom stereocenters. The average molecular weight is 401 g/mol. The number of hydrogen-bond donors (Lipinski definition) is 0. The van der Waals surface area contributed by atoms with E-state index in [1.807, 2.05) is 11.8 Å². The Morgan fingerprint density at radius 2 is 1.76 bits per heavy atom. The van der Waals surface area contributed by atoms with E-state index in [2.05, 4.69) is 55.1 Å². The van der Waals surface area contributed by atoms with Gasteiger partial charge in [0.15, 0.2) is 0 Å². The normalized spacial score (nSPS) is 22.8. The van der Waals surface area contributed by atoms with E-state index in [4.69, 9.17) is 0 Å². The molecule has 0 radical (unpaired) electrons. The Labute approximate surface area is 156 Å². The van der Waals surface area contributed by atoms with Crippen LogP contribution in [0.5, 0.6) is 0 Å². The van der Waals surface area contributed by atoms with Crippen LogP contribution in [0.3, 0.4) is 0 Å². The molecule has 2 aliphatic rings. The first-order valence-electron chi connectivity index (χ1n) is 8.70. The van der Waals surface area contributed by atoms with E-state index in [9.17, 15) is 4.79 Å². The summed E-state index contributed by atoms with van der Waals surface area (Å²) in [5, 5.41) is 0. The number of carbonyl (C=O) groups is 1. The van der Waals surface area contributed by atoms with Gasteiger partial charge < -0.3 is 9.80 Å². The second kappa shape index (κ2) is 6.75. The summed E-state index contributed by atoms with van der Waals surface area (Å²) in [5.74, 6) is 1.80. The van der Waals surface area contributed by atoms with Gasteiger partial charge in [-0.15, -0.1) is 0 Å². The lowest BCUT2D eigenvalue weighted by Crippen LogP contribution is -2.49. The van der Waals surface area contributed by atoms with Gasteiger partial charge in [-0.05, 0) is 37.0 Å². The smallest absolute Gasteiger partial charge is 0.226 e. The third kappa shape index (κ3) is 3.40. The van der Waals surface area contributed by atoms with Crippen molar-refractivity contribution in [3.63, 3.8) is 0 Å².